The highest BCUT2D eigenvalue weighted by Crippen LogP contribution is 2.16. The van der Waals surface area contributed by atoms with Gasteiger partial charge in [0.05, 0.1) is 17.6 Å². The molecule has 2 unspecified atom stereocenters. The normalized spacial score (nSPS) is 13.7. The van der Waals surface area contributed by atoms with E-state index in [2.05, 4.69) is 10.4 Å². The van der Waals surface area contributed by atoms with Gasteiger partial charge in [-0.25, -0.2) is 8.78 Å². The predicted octanol–water partition coefficient (Wildman–Crippen LogP) is 1.78. The van der Waals surface area contributed by atoms with E-state index in [4.69, 9.17) is 0 Å². The second-order valence-corrected chi connectivity index (χ2v) is 5.13. The lowest BCUT2D eigenvalue weighted by Gasteiger charge is -2.17. The molecule has 2 aromatic rings. The lowest BCUT2D eigenvalue weighted by atomic mass is 10.1. The zero-order valence-electron chi connectivity index (χ0n) is 12.3. The van der Waals surface area contributed by atoms with Crippen LogP contribution in [-0.2, 0) is 6.54 Å². The minimum absolute atomic E-state index is 0.0747. The molecule has 2 N–H and O–H groups in total. The van der Waals surface area contributed by atoms with Crippen LogP contribution in [0.1, 0.15) is 18.5 Å². The minimum atomic E-state index is -0.930. The number of aromatic nitrogens is 2. The molecule has 0 aliphatic rings. The van der Waals surface area contributed by atoms with Gasteiger partial charge in [0.1, 0.15) is 12.4 Å². The molecule has 2 atom stereocenters. The van der Waals surface area contributed by atoms with Gasteiger partial charge in [-0.05, 0) is 24.6 Å². The minimum Gasteiger partial charge on any atom is -0.390 e. The Hall–Kier alpha value is -2.39. The summed E-state index contributed by atoms with van der Waals surface area (Å²) in [5, 5.41) is 27.2. The van der Waals surface area contributed by atoms with Crippen molar-refractivity contribution < 1.29 is 18.8 Å². The van der Waals surface area contributed by atoms with E-state index in [-0.39, 0.29) is 24.8 Å². The number of nitro groups is 1. The van der Waals surface area contributed by atoms with E-state index in [0.717, 1.165) is 18.3 Å². The topological polar surface area (TPSA) is 93.2 Å². The number of hydrogen-bond donors (Lipinski definition) is 2. The van der Waals surface area contributed by atoms with Crippen LogP contribution in [0.3, 0.4) is 0 Å². The molecule has 0 aliphatic heterocycles. The van der Waals surface area contributed by atoms with Gasteiger partial charge >= 0.3 is 5.69 Å². The molecule has 9 heteroatoms. The van der Waals surface area contributed by atoms with Crippen molar-refractivity contribution in [2.75, 3.05) is 6.54 Å². The molecule has 0 fully saturated rings. The first-order valence-electron chi connectivity index (χ1n) is 6.90. The highest BCUT2D eigenvalue weighted by molar-refractivity contribution is 5.21. The van der Waals surface area contributed by atoms with Crippen molar-refractivity contribution in [3.63, 3.8) is 0 Å². The maximum Gasteiger partial charge on any atom is 0.306 e. The molecule has 7 nitrogen and oxygen atoms in total. The Morgan fingerprint density at radius 3 is 2.78 bits per heavy atom. The van der Waals surface area contributed by atoms with Gasteiger partial charge in [-0.15, -0.1) is 0 Å². The van der Waals surface area contributed by atoms with Crippen LogP contribution in [0.15, 0.2) is 30.6 Å². The zero-order chi connectivity index (χ0) is 17.0. The van der Waals surface area contributed by atoms with Gasteiger partial charge in [0.25, 0.3) is 0 Å². The Labute approximate surface area is 130 Å². The van der Waals surface area contributed by atoms with E-state index in [1.165, 1.54) is 16.9 Å². The Morgan fingerprint density at radius 1 is 1.43 bits per heavy atom. The summed E-state index contributed by atoms with van der Waals surface area (Å²) in [7, 11) is 0. The molecule has 0 amide bonds. The van der Waals surface area contributed by atoms with Gasteiger partial charge in [-0.1, -0.05) is 6.07 Å². The molecule has 0 saturated heterocycles. The molecule has 0 spiro atoms. The summed E-state index contributed by atoms with van der Waals surface area (Å²) < 4.78 is 27.3. The molecule has 0 radical (unpaired) electrons. The third-order valence-electron chi connectivity index (χ3n) is 3.33. The second-order valence-electron chi connectivity index (χ2n) is 5.13. The lowest BCUT2D eigenvalue weighted by molar-refractivity contribution is -0.385. The third kappa shape index (κ3) is 4.54. The predicted molar refractivity (Wildman–Crippen MR) is 77.7 cm³/mol. The highest BCUT2D eigenvalue weighted by Gasteiger charge is 2.14. The van der Waals surface area contributed by atoms with Crippen LogP contribution in [0.4, 0.5) is 14.5 Å². The smallest absolute Gasteiger partial charge is 0.306 e. The Morgan fingerprint density at radius 2 is 2.17 bits per heavy atom. The Bertz CT molecular complexity index is 692. The van der Waals surface area contributed by atoms with E-state index in [1.54, 1.807) is 6.92 Å². The van der Waals surface area contributed by atoms with E-state index in [1.807, 2.05) is 0 Å². The van der Waals surface area contributed by atoms with E-state index < -0.39 is 22.7 Å². The molecular formula is C14H16F2N4O3. The summed E-state index contributed by atoms with van der Waals surface area (Å²) in [5.74, 6) is -1.85. The summed E-state index contributed by atoms with van der Waals surface area (Å²) >= 11 is 0. The molecular weight excluding hydrogens is 310 g/mol. The van der Waals surface area contributed by atoms with Crippen molar-refractivity contribution >= 4 is 5.69 Å². The SMILES string of the molecule is CC(NCC(O)Cn1cc([N+](=O)[O-])cn1)c1ccc(F)c(F)c1. The number of hydrogen-bond acceptors (Lipinski definition) is 5. The van der Waals surface area contributed by atoms with Gasteiger partial charge in [-0.2, -0.15) is 5.10 Å². The standard InChI is InChI=1S/C14H16F2N4O3/c1-9(10-2-3-13(15)14(16)4-10)17-6-12(21)8-19-7-11(5-18-19)20(22)23/h2-5,7,9,12,17,21H,6,8H2,1H3. The summed E-state index contributed by atoms with van der Waals surface area (Å²) in [6.45, 7) is 1.98. The fraction of sp³-hybridized carbons (Fsp3) is 0.357. The van der Waals surface area contributed by atoms with Gasteiger partial charge in [0.15, 0.2) is 11.6 Å². The average Bonchev–Trinajstić information content (AvgIpc) is 2.96. The average molecular weight is 326 g/mol. The molecule has 0 bridgehead atoms. The quantitative estimate of drug-likeness (QED) is 0.597. The van der Waals surface area contributed by atoms with Crippen LogP contribution in [-0.4, -0.2) is 32.5 Å². The van der Waals surface area contributed by atoms with Crippen LogP contribution < -0.4 is 5.32 Å². The molecule has 124 valence electrons. The van der Waals surface area contributed by atoms with Gasteiger partial charge in [0.2, 0.25) is 0 Å². The summed E-state index contributed by atoms with van der Waals surface area (Å²) in [5.41, 5.74) is 0.395. The van der Waals surface area contributed by atoms with Crippen molar-refractivity contribution in [1.82, 2.24) is 15.1 Å². The molecule has 1 heterocycles. The van der Waals surface area contributed by atoms with E-state index >= 15 is 0 Å². The van der Waals surface area contributed by atoms with Crippen LogP contribution in [0.25, 0.3) is 0 Å². The third-order valence-corrected chi connectivity index (χ3v) is 3.33. The maximum atomic E-state index is 13.2. The number of aliphatic hydroxyl groups excluding tert-OH is 1. The maximum absolute atomic E-state index is 13.2. The number of benzene rings is 1. The molecule has 0 saturated carbocycles. The molecule has 2 rings (SSSR count). The monoisotopic (exact) mass is 326 g/mol. The Kier molecular flexibility index (Phi) is 5.35. The van der Waals surface area contributed by atoms with Crippen LogP contribution in [0, 0.1) is 21.7 Å². The van der Waals surface area contributed by atoms with Crippen molar-refractivity contribution in [2.24, 2.45) is 0 Å². The van der Waals surface area contributed by atoms with Gasteiger partial charge in [-0.3, -0.25) is 14.8 Å². The van der Waals surface area contributed by atoms with E-state index in [9.17, 15) is 24.0 Å². The van der Waals surface area contributed by atoms with Crippen molar-refractivity contribution in [1.29, 1.82) is 0 Å². The van der Waals surface area contributed by atoms with Crippen molar-refractivity contribution in [3.05, 3.63) is 57.9 Å². The zero-order valence-corrected chi connectivity index (χ0v) is 12.3. The Balaban J connectivity index is 1.86. The molecule has 0 aliphatic carbocycles. The van der Waals surface area contributed by atoms with Gasteiger partial charge < -0.3 is 10.4 Å². The fourth-order valence-corrected chi connectivity index (χ4v) is 2.04. The van der Waals surface area contributed by atoms with Crippen molar-refractivity contribution in [3.8, 4) is 0 Å². The fourth-order valence-electron chi connectivity index (χ4n) is 2.04. The number of aliphatic hydroxyl groups is 1. The van der Waals surface area contributed by atoms with Crippen LogP contribution in [0.5, 0.6) is 0 Å². The first-order chi connectivity index (χ1) is 10.9. The summed E-state index contributed by atoms with van der Waals surface area (Å²) in [4.78, 5) is 9.97. The summed E-state index contributed by atoms with van der Waals surface area (Å²) in [6, 6.07) is 3.30. The first kappa shape index (κ1) is 17.0. The number of halogens is 2. The largest absolute Gasteiger partial charge is 0.390 e. The molecule has 1 aromatic heterocycles. The lowest BCUT2D eigenvalue weighted by Crippen LogP contribution is -2.32. The number of nitrogens with one attached hydrogen (secondary N) is 1. The van der Waals surface area contributed by atoms with Crippen molar-refractivity contribution in [2.45, 2.75) is 25.6 Å². The highest BCUT2D eigenvalue weighted by atomic mass is 19.2. The second kappa shape index (κ2) is 7.25. The number of rotatable bonds is 7. The first-order valence-corrected chi connectivity index (χ1v) is 6.90. The molecule has 23 heavy (non-hydrogen) atoms. The van der Waals surface area contributed by atoms with Gasteiger partial charge in [0, 0.05) is 12.6 Å². The van der Waals surface area contributed by atoms with E-state index in [0.29, 0.717) is 5.56 Å². The van der Waals surface area contributed by atoms with Crippen LogP contribution in [0.2, 0.25) is 0 Å². The van der Waals surface area contributed by atoms with Crippen LogP contribution >= 0.6 is 0 Å². The number of nitrogens with zero attached hydrogens (tertiary/aromatic N) is 3. The molecule has 1 aromatic carbocycles. The summed E-state index contributed by atoms with van der Waals surface area (Å²) in [6.07, 6.45) is 1.48.